The zero-order valence-electron chi connectivity index (χ0n) is 6.90. The van der Waals surface area contributed by atoms with Crippen LogP contribution in [-0.2, 0) is 11.3 Å². The van der Waals surface area contributed by atoms with E-state index in [0.29, 0.717) is 6.54 Å². The van der Waals surface area contributed by atoms with Gasteiger partial charge in [-0.1, -0.05) is 0 Å². The van der Waals surface area contributed by atoms with Crippen LogP contribution in [0.25, 0.3) is 0 Å². The number of rotatable bonds is 3. The highest BCUT2D eigenvalue weighted by Crippen LogP contribution is 1.96. The van der Waals surface area contributed by atoms with Crippen molar-refractivity contribution in [1.82, 2.24) is 9.78 Å². The fourth-order valence-electron chi connectivity index (χ4n) is 0.866. The van der Waals surface area contributed by atoms with E-state index >= 15 is 0 Å². The molecule has 0 aliphatic carbocycles. The van der Waals surface area contributed by atoms with Crippen molar-refractivity contribution in [2.45, 2.75) is 19.5 Å². The van der Waals surface area contributed by atoms with Gasteiger partial charge in [-0.05, 0) is 13.0 Å². The van der Waals surface area contributed by atoms with Gasteiger partial charge in [0.25, 0.3) is 0 Å². The van der Waals surface area contributed by atoms with E-state index in [9.17, 15) is 4.79 Å². The average molecular weight is 168 g/mol. The zero-order chi connectivity index (χ0) is 9.14. The Morgan fingerprint density at radius 2 is 2.50 bits per heavy atom. The lowest BCUT2D eigenvalue weighted by molar-refractivity contribution is -0.119. The standard InChI is InChI=1S/C7H12N4O/c1-5-2-3-10-11(5)4-6(8)7(9)12/h2-3,6H,4,8H2,1H3,(H2,9,12). The number of nitrogens with two attached hydrogens (primary N) is 2. The van der Waals surface area contributed by atoms with E-state index in [1.165, 1.54) is 0 Å². The summed E-state index contributed by atoms with van der Waals surface area (Å²) in [7, 11) is 0. The quantitative estimate of drug-likeness (QED) is 0.607. The third-order valence-corrected chi connectivity index (χ3v) is 1.66. The molecule has 1 atom stereocenters. The smallest absolute Gasteiger partial charge is 0.236 e. The van der Waals surface area contributed by atoms with Crippen molar-refractivity contribution in [2.75, 3.05) is 0 Å². The third kappa shape index (κ3) is 1.82. The molecule has 0 aliphatic heterocycles. The van der Waals surface area contributed by atoms with Crippen LogP contribution in [0.4, 0.5) is 0 Å². The molecule has 0 bridgehead atoms. The molecule has 0 fully saturated rings. The minimum absolute atomic E-state index is 0.341. The molecular formula is C7H12N4O. The topological polar surface area (TPSA) is 86.9 Å². The van der Waals surface area contributed by atoms with Crippen LogP contribution >= 0.6 is 0 Å². The van der Waals surface area contributed by atoms with E-state index in [1.807, 2.05) is 13.0 Å². The molecule has 12 heavy (non-hydrogen) atoms. The van der Waals surface area contributed by atoms with E-state index in [2.05, 4.69) is 5.10 Å². The van der Waals surface area contributed by atoms with Crippen LogP contribution in [0.15, 0.2) is 12.3 Å². The van der Waals surface area contributed by atoms with Crippen LogP contribution in [0, 0.1) is 6.92 Å². The maximum absolute atomic E-state index is 10.6. The first-order valence-corrected chi connectivity index (χ1v) is 3.64. The lowest BCUT2D eigenvalue weighted by Crippen LogP contribution is -2.40. The second-order valence-corrected chi connectivity index (χ2v) is 2.66. The first-order valence-electron chi connectivity index (χ1n) is 3.64. The largest absolute Gasteiger partial charge is 0.368 e. The third-order valence-electron chi connectivity index (χ3n) is 1.66. The van der Waals surface area contributed by atoms with Crippen LogP contribution in [0.3, 0.4) is 0 Å². The average Bonchev–Trinajstić information content (AvgIpc) is 2.36. The Morgan fingerprint density at radius 3 is 2.92 bits per heavy atom. The van der Waals surface area contributed by atoms with Gasteiger partial charge in [0.1, 0.15) is 6.04 Å². The summed E-state index contributed by atoms with van der Waals surface area (Å²) in [6, 6.07) is 1.18. The van der Waals surface area contributed by atoms with E-state index in [-0.39, 0.29) is 0 Å². The molecule has 1 amide bonds. The van der Waals surface area contributed by atoms with Crippen molar-refractivity contribution >= 4 is 5.91 Å². The van der Waals surface area contributed by atoms with E-state index in [0.717, 1.165) is 5.69 Å². The predicted molar refractivity (Wildman–Crippen MR) is 44.1 cm³/mol. The molecule has 4 N–H and O–H groups in total. The van der Waals surface area contributed by atoms with Crippen molar-refractivity contribution in [3.8, 4) is 0 Å². The number of aromatic nitrogens is 2. The van der Waals surface area contributed by atoms with E-state index in [1.54, 1.807) is 10.9 Å². The molecule has 0 saturated heterocycles. The minimum Gasteiger partial charge on any atom is -0.368 e. The fraction of sp³-hybridized carbons (Fsp3) is 0.429. The maximum Gasteiger partial charge on any atom is 0.236 e. The minimum atomic E-state index is -0.663. The molecule has 5 nitrogen and oxygen atoms in total. The molecule has 5 heteroatoms. The Labute approximate surface area is 70.3 Å². The highest BCUT2D eigenvalue weighted by Gasteiger charge is 2.10. The number of carbonyl (C=O) groups excluding carboxylic acids is 1. The number of nitrogens with zero attached hydrogens (tertiary/aromatic N) is 2. The van der Waals surface area contributed by atoms with Gasteiger partial charge in [0, 0.05) is 11.9 Å². The molecule has 0 radical (unpaired) electrons. The number of primary amides is 1. The summed E-state index contributed by atoms with van der Waals surface area (Å²) in [5, 5.41) is 3.97. The number of hydrogen-bond donors (Lipinski definition) is 2. The van der Waals surface area contributed by atoms with Crippen LogP contribution in [0.2, 0.25) is 0 Å². The fourth-order valence-corrected chi connectivity index (χ4v) is 0.866. The summed E-state index contributed by atoms with van der Waals surface area (Å²) in [4.78, 5) is 10.6. The predicted octanol–water partition coefficient (Wildman–Crippen LogP) is -0.996. The second-order valence-electron chi connectivity index (χ2n) is 2.66. The summed E-state index contributed by atoms with van der Waals surface area (Å²) in [6.07, 6.45) is 1.66. The molecular weight excluding hydrogens is 156 g/mol. The molecule has 66 valence electrons. The highest BCUT2D eigenvalue weighted by atomic mass is 16.1. The van der Waals surface area contributed by atoms with Gasteiger partial charge >= 0.3 is 0 Å². The number of aryl methyl sites for hydroxylation is 1. The molecule has 1 heterocycles. The first-order chi connectivity index (χ1) is 5.61. The Bertz CT molecular complexity index is 281. The number of amides is 1. The lowest BCUT2D eigenvalue weighted by Gasteiger charge is -2.08. The summed E-state index contributed by atoms with van der Waals surface area (Å²) >= 11 is 0. The Hall–Kier alpha value is -1.36. The summed E-state index contributed by atoms with van der Waals surface area (Å²) in [5.41, 5.74) is 11.4. The Balaban J connectivity index is 2.64. The van der Waals surface area contributed by atoms with E-state index in [4.69, 9.17) is 11.5 Å². The van der Waals surface area contributed by atoms with Crippen LogP contribution < -0.4 is 11.5 Å². The van der Waals surface area contributed by atoms with Crippen molar-refractivity contribution in [1.29, 1.82) is 0 Å². The van der Waals surface area contributed by atoms with Crippen molar-refractivity contribution in [2.24, 2.45) is 11.5 Å². The van der Waals surface area contributed by atoms with Crippen molar-refractivity contribution in [3.05, 3.63) is 18.0 Å². The molecule has 0 aromatic carbocycles. The zero-order valence-corrected chi connectivity index (χ0v) is 6.90. The highest BCUT2D eigenvalue weighted by molar-refractivity contribution is 5.79. The normalized spacial score (nSPS) is 12.8. The second kappa shape index (κ2) is 3.36. The molecule has 1 rings (SSSR count). The summed E-state index contributed by atoms with van der Waals surface area (Å²) in [6.45, 7) is 2.23. The number of hydrogen-bond acceptors (Lipinski definition) is 3. The van der Waals surface area contributed by atoms with Gasteiger partial charge in [-0.2, -0.15) is 5.10 Å². The summed E-state index contributed by atoms with van der Waals surface area (Å²) in [5.74, 6) is -0.509. The maximum atomic E-state index is 10.6. The molecule has 0 spiro atoms. The van der Waals surface area contributed by atoms with Gasteiger partial charge in [0.2, 0.25) is 5.91 Å². The molecule has 0 aliphatic rings. The first kappa shape index (κ1) is 8.73. The van der Waals surface area contributed by atoms with Crippen LogP contribution in [0.5, 0.6) is 0 Å². The van der Waals surface area contributed by atoms with Gasteiger partial charge < -0.3 is 11.5 Å². The van der Waals surface area contributed by atoms with Crippen LogP contribution in [-0.4, -0.2) is 21.7 Å². The van der Waals surface area contributed by atoms with Gasteiger partial charge in [-0.25, -0.2) is 0 Å². The van der Waals surface area contributed by atoms with Gasteiger partial charge in [-0.3, -0.25) is 9.48 Å². The SMILES string of the molecule is Cc1ccnn1CC(N)C(N)=O. The van der Waals surface area contributed by atoms with E-state index < -0.39 is 11.9 Å². The molecule has 1 aromatic rings. The molecule has 0 saturated carbocycles. The monoisotopic (exact) mass is 168 g/mol. The van der Waals surface area contributed by atoms with Gasteiger partial charge in [0.05, 0.1) is 6.54 Å². The lowest BCUT2D eigenvalue weighted by atomic mass is 10.3. The number of carbonyl (C=O) groups is 1. The van der Waals surface area contributed by atoms with Crippen molar-refractivity contribution < 1.29 is 4.79 Å². The summed E-state index contributed by atoms with van der Waals surface area (Å²) < 4.78 is 1.65. The molecule has 1 unspecified atom stereocenters. The Morgan fingerprint density at radius 1 is 1.83 bits per heavy atom. The molecule has 1 aromatic heterocycles. The van der Waals surface area contributed by atoms with Crippen molar-refractivity contribution in [3.63, 3.8) is 0 Å². The van der Waals surface area contributed by atoms with Crippen LogP contribution in [0.1, 0.15) is 5.69 Å². The Kier molecular flexibility index (Phi) is 2.44. The van der Waals surface area contributed by atoms with Gasteiger partial charge in [0.15, 0.2) is 0 Å². The van der Waals surface area contributed by atoms with Gasteiger partial charge in [-0.15, -0.1) is 0 Å².